The van der Waals surface area contributed by atoms with Crippen molar-refractivity contribution in [2.24, 2.45) is 0 Å². The normalized spacial score (nSPS) is 17.2. The van der Waals surface area contributed by atoms with E-state index < -0.39 is 0 Å². The number of piperazine rings is 1. The molecule has 0 spiro atoms. The summed E-state index contributed by atoms with van der Waals surface area (Å²) in [5, 5.41) is 4.04. The predicted octanol–water partition coefficient (Wildman–Crippen LogP) is 2.61. The highest BCUT2D eigenvalue weighted by Crippen LogP contribution is 2.16. The highest BCUT2D eigenvalue weighted by Gasteiger charge is 2.19. The summed E-state index contributed by atoms with van der Waals surface area (Å²) in [4.78, 5) is 5.02. The Morgan fingerprint density at radius 2 is 1.57 bits per heavy atom. The van der Waals surface area contributed by atoms with Crippen LogP contribution in [0.15, 0.2) is 34.9 Å². The van der Waals surface area contributed by atoms with Crippen LogP contribution in [-0.2, 0) is 13.1 Å². The number of benzene rings is 1. The van der Waals surface area contributed by atoms with Crippen LogP contribution >= 0.6 is 0 Å². The zero-order valence-electron chi connectivity index (χ0n) is 12.9. The SMILES string of the molecule is Cc1noc(C)c1CN1CCN(Cc2ccccc2)CC1. The van der Waals surface area contributed by atoms with E-state index in [9.17, 15) is 0 Å². The molecule has 1 fully saturated rings. The largest absolute Gasteiger partial charge is 0.361 e. The topological polar surface area (TPSA) is 32.5 Å². The molecular weight excluding hydrogens is 262 g/mol. The second kappa shape index (κ2) is 6.41. The van der Waals surface area contributed by atoms with Crippen molar-refractivity contribution < 1.29 is 4.52 Å². The first-order valence-electron chi connectivity index (χ1n) is 7.63. The van der Waals surface area contributed by atoms with Crippen LogP contribution in [0.25, 0.3) is 0 Å². The van der Waals surface area contributed by atoms with Gasteiger partial charge in [-0.3, -0.25) is 9.80 Å². The smallest absolute Gasteiger partial charge is 0.138 e. The maximum absolute atomic E-state index is 5.25. The van der Waals surface area contributed by atoms with E-state index in [2.05, 4.69) is 45.3 Å². The van der Waals surface area contributed by atoms with Crippen molar-refractivity contribution >= 4 is 0 Å². The molecule has 0 radical (unpaired) electrons. The van der Waals surface area contributed by atoms with E-state index in [-0.39, 0.29) is 0 Å². The molecular formula is C17H23N3O. The Balaban J connectivity index is 1.51. The third-order valence-corrected chi connectivity index (χ3v) is 4.28. The minimum absolute atomic E-state index is 0.958. The molecule has 2 heterocycles. The highest BCUT2D eigenvalue weighted by molar-refractivity contribution is 5.20. The number of hydrogen-bond acceptors (Lipinski definition) is 4. The summed E-state index contributed by atoms with van der Waals surface area (Å²) in [6, 6.07) is 10.7. The molecule has 4 heteroatoms. The van der Waals surface area contributed by atoms with E-state index in [1.807, 2.05) is 13.8 Å². The van der Waals surface area contributed by atoms with Gasteiger partial charge in [-0.05, 0) is 19.4 Å². The van der Waals surface area contributed by atoms with Gasteiger partial charge < -0.3 is 4.52 Å². The van der Waals surface area contributed by atoms with Gasteiger partial charge >= 0.3 is 0 Å². The maximum Gasteiger partial charge on any atom is 0.138 e. The number of aromatic nitrogens is 1. The summed E-state index contributed by atoms with van der Waals surface area (Å²) in [5.74, 6) is 0.958. The fourth-order valence-electron chi connectivity index (χ4n) is 2.90. The third-order valence-electron chi connectivity index (χ3n) is 4.28. The van der Waals surface area contributed by atoms with Crippen LogP contribution in [0.2, 0.25) is 0 Å². The van der Waals surface area contributed by atoms with Crippen LogP contribution in [0.1, 0.15) is 22.6 Å². The van der Waals surface area contributed by atoms with Gasteiger partial charge in [-0.15, -0.1) is 0 Å². The summed E-state index contributed by atoms with van der Waals surface area (Å²) in [7, 11) is 0. The van der Waals surface area contributed by atoms with Crippen LogP contribution in [0.3, 0.4) is 0 Å². The van der Waals surface area contributed by atoms with Crippen molar-refractivity contribution in [3.63, 3.8) is 0 Å². The minimum Gasteiger partial charge on any atom is -0.361 e. The Labute approximate surface area is 126 Å². The molecule has 0 unspecified atom stereocenters. The number of aryl methyl sites for hydroxylation is 2. The van der Waals surface area contributed by atoms with Crippen molar-refractivity contribution in [1.82, 2.24) is 15.0 Å². The fourth-order valence-corrected chi connectivity index (χ4v) is 2.90. The lowest BCUT2D eigenvalue weighted by Gasteiger charge is -2.34. The first-order chi connectivity index (χ1) is 10.2. The first-order valence-corrected chi connectivity index (χ1v) is 7.63. The van der Waals surface area contributed by atoms with Crippen LogP contribution in [0.5, 0.6) is 0 Å². The summed E-state index contributed by atoms with van der Waals surface area (Å²) < 4.78 is 5.25. The average molecular weight is 285 g/mol. The van der Waals surface area contributed by atoms with Gasteiger partial charge in [0, 0.05) is 44.8 Å². The van der Waals surface area contributed by atoms with E-state index in [0.29, 0.717) is 0 Å². The molecule has 0 N–H and O–H groups in total. The fraction of sp³-hybridized carbons (Fsp3) is 0.471. The zero-order chi connectivity index (χ0) is 14.7. The monoisotopic (exact) mass is 285 g/mol. The van der Waals surface area contributed by atoms with Crippen molar-refractivity contribution in [1.29, 1.82) is 0 Å². The van der Waals surface area contributed by atoms with E-state index in [4.69, 9.17) is 4.52 Å². The molecule has 1 aliphatic rings. The van der Waals surface area contributed by atoms with E-state index in [1.54, 1.807) is 0 Å². The molecule has 1 aromatic carbocycles. The first kappa shape index (κ1) is 14.3. The quantitative estimate of drug-likeness (QED) is 0.864. The molecule has 1 saturated heterocycles. The molecule has 0 atom stereocenters. The van der Waals surface area contributed by atoms with Gasteiger partial charge in [-0.2, -0.15) is 0 Å². The van der Waals surface area contributed by atoms with Crippen molar-refractivity contribution in [2.45, 2.75) is 26.9 Å². The molecule has 1 aliphatic heterocycles. The standard InChI is InChI=1S/C17H23N3O/c1-14-17(15(2)21-18-14)13-20-10-8-19(9-11-20)12-16-6-4-3-5-7-16/h3-7H,8-13H2,1-2H3. The number of nitrogens with zero attached hydrogens (tertiary/aromatic N) is 3. The summed E-state index contributed by atoms with van der Waals surface area (Å²) >= 11 is 0. The van der Waals surface area contributed by atoms with Crippen molar-refractivity contribution in [2.75, 3.05) is 26.2 Å². The van der Waals surface area contributed by atoms with Crippen molar-refractivity contribution in [3.8, 4) is 0 Å². The van der Waals surface area contributed by atoms with Gasteiger partial charge in [0.1, 0.15) is 5.76 Å². The van der Waals surface area contributed by atoms with Crippen LogP contribution in [0, 0.1) is 13.8 Å². The second-order valence-corrected chi connectivity index (χ2v) is 5.84. The maximum atomic E-state index is 5.25. The molecule has 1 aromatic heterocycles. The van der Waals surface area contributed by atoms with Gasteiger partial charge in [0.2, 0.25) is 0 Å². The Morgan fingerprint density at radius 3 is 2.14 bits per heavy atom. The van der Waals surface area contributed by atoms with E-state index >= 15 is 0 Å². The Hall–Kier alpha value is -1.65. The van der Waals surface area contributed by atoms with E-state index in [0.717, 1.165) is 50.7 Å². The summed E-state index contributed by atoms with van der Waals surface area (Å²) in [6.45, 7) is 10.5. The molecule has 0 saturated carbocycles. The second-order valence-electron chi connectivity index (χ2n) is 5.84. The molecule has 0 amide bonds. The molecule has 4 nitrogen and oxygen atoms in total. The lowest BCUT2D eigenvalue weighted by atomic mass is 10.1. The summed E-state index contributed by atoms with van der Waals surface area (Å²) in [5.41, 5.74) is 3.68. The van der Waals surface area contributed by atoms with Gasteiger partial charge in [0.25, 0.3) is 0 Å². The third kappa shape index (κ3) is 3.52. The summed E-state index contributed by atoms with van der Waals surface area (Å²) in [6.07, 6.45) is 0. The van der Waals surface area contributed by atoms with Crippen LogP contribution in [0.4, 0.5) is 0 Å². The highest BCUT2D eigenvalue weighted by atomic mass is 16.5. The molecule has 3 rings (SSSR count). The van der Waals surface area contributed by atoms with Gasteiger partial charge in [-0.1, -0.05) is 35.5 Å². The lowest BCUT2D eigenvalue weighted by Crippen LogP contribution is -2.45. The van der Waals surface area contributed by atoms with Gasteiger partial charge in [0.05, 0.1) is 5.69 Å². The van der Waals surface area contributed by atoms with Gasteiger partial charge in [-0.25, -0.2) is 0 Å². The van der Waals surface area contributed by atoms with E-state index in [1.165, 1.54) is 11.1 Å². The Kier molecular flexibility index (Phi) is 4.36. The molecule has 112 valence electrons. The zero-order valence-corrected chi connectivity index (χ0v) is 12.9. The number of hydrogen-bond donors (Lipinski definition) is 0. The van der Waals surface area contributed by atoms with Gasteiger partial charge in [0.15, 0.2) is 0 Å². The Bertz CT molecular complexity index is 551. The average Bonchev–Trinajstić information content (AvgIpc) is 2.82. The predicted molar refractivity (Wildman–Crippen MR) is 83.0 cm³/mol. The molecule has 21 heavy (non-hydrogen) atoms. The molecule has 0 bridgehead atoms. The molecule has 2 aromatic rings. The van der Waals surface area contributed by atoms with Crippen LogP contribution < -0.4 is 0 Å². The Morgan fingerprint density at radius 1 is 0.952 bits per heavy atom. The van der Waals surface area contributed by atoms with Crippen LogP contribution in [-0.4, -0.2) is 41.1 Å². The van der Waals surface area contributed by atoms with Crippen molar-refractivity contribution in [3.05, 3.63) is 52.9 Å². The minimum atomic E-state index is 0.958. The number of rotatable bonds is 4. The molecule has 0 aliphatic carbocycles. The lowest BCUT2D eigenvalue weighted by molar-refractivity contribution is 0.121.